The van der Waals surface area contributed by atoms with Gasteiger partial charge in [0.15, 0.2) is 0 Å². The Morgan fingerprint density at radius 3 is 2.64 bits per heavy atom. The molecule has 1 aromatic rings. The van der Waals surface area contributed by atoms with Gasteiger partial charge in [0, 0.05) is 32.5 Å². The van der Waals surface area contributed by atoms with Gasteiger partial charge in [-0.3, -0.25) is 14.4 Å². The highest BCUT2D eigenvalue weighted by Crippen LogP contribution is 2.21. The predicted molar refractivity (Wildman–Crippen MR) is 90.9 cm³/mol. The smallest absolute Gasteiger partial charge is 0.303 e. The zero-order valence-electron chi connectivity index (χ0n) is 14.5. The number of methoxy groups -OCH3 is 1. The largest absolute Gasteiger partial charge is 0.497 e. The second kappa shape index (κ2) is 8.50. The topological polar surface area (TPSA) is 95.9 Å². The summed E-state index contributed by atoms with van der Waals surface area (Å²) < 4.78 is 5.11. The molecule has 0 aliphatic carbocycles. The van der Waals surface area contributed by atoms with Crippen molar-refractivity contribution >= 4 is 17.8 Å². The molecule has 1 aliphatic rings. The van der Waals surface area contributed by atoms with Crippen molar-refractivity contribution in [1.82, 2.24) is 10.2 Å². The molecule has 1 aromatic carbocycles. The molecule has 2 unspecified atom stereocenters. The molecule has 1 aliphatic heterocycles. The first kappa shape index (κ1) is 18.8. The lowest BCUT2D eigenvalue weighted by Gasteiger charge is -2.17. The number of carboxylic acid groups (broad SMARTS) is 1. The number of benzene rings is 1. The molecule has 7 nitrogen and oxygen atoms in total. The average molecular weight is 348 g/mol. The Bertz CT molecular complexity index is 629. The maximum absolute atomic E-state index is 12.2. The van der Waals surface area contributed by atoms with Crippen LogP contribution in [0.4, 0.5) is 0 Å². The van der Waals surface area contributed by atoms with Gasteiger partial charge in [0.1, 0.15) is 5.75 Å². The first-order valence-electron chi connectivity index (χ1n) is 8.29. The van der Waals surface area contributed by atoms with Gasteiger partial charge in [-0.1, -0.05) is 19.1 Å². The Morgan fingerprint density at radius 1 is 1.36 bits per heavy atom. The fraction of sp³-hybridized carbons (Fsp3) is 0.500. The summed E-state index contributed by atoms with van der Waals surface area (Å²) in [4.78, 5) is 36.7. The van der Waals surface area contributed by atoms with Gasteiger partial charge in [-0.2, -0.15) is 0 Å². The summed E-state index contributed by atoms with van der Waals surface area (Å²) >= 11 is 0. The quantitative estimate of drug-likeness (QED) is 0.738. The van der Waals surface area contributed by atoms with Crippen molar-refractivity contribution in [2.75, 3.05) is 20.2 Å². The van der Waals surface area contributed by atoms with Crippen molar-refractivity contribution < 1.29 is 24.2 Å². The molecule has 2 N–H and O–H groups in total. The molecule has 1 heterocycles. The van der Waals surface area contributed by atoms with E-state index in [0.29, 0.717) is 19.6 Å². The van der Waals surface area contributed by atoms with E-state index in [0.717, 1.165) is 11.3 Å². The average Bonchev–Trinajstić information content (AvgIpc) is 2.93. The van der Waals surface area contributed by atoms with Gasteiger partial charge in [-0.25, -0.2) is 0 Å². The number of carboxylic acids is 1. The second-order valence-electron chi connectivity index (χ2n) is 6.47. The van der Waals surface area contributed by atoms with Crippen LogP contribution in [0.15, 0.2) is 24.3 Å². The van der Waals surface area contributed by atoms with E-state index in [-0.39, 0.29) is 36.5 Å². The van der Waals surface area contributed by atoms with Gasteiger partial charge >= 0.3 is 5.97 Å². The second-order valence-corrected chi connectivity index (χ2v) is 6.47. The number of rotatable bonds is 8. The number of nitrogens with zero attached hydrogens (tertiary/aromatic N) is 1. The van der Waals surface area contributed by atoms with E-state index in [9.17, 15) is 14.4 Å². The van der Waals surface area contributed by atoms with Crippen LogP contribution in [0.2, 0.25) is 0 Å². The van der Waals surface area contributed by atoms with Gasteiger partial charge < -0.3 is 20.1 Å². The maximum atomic E-state index is 12.2. The van der Waals surface area contributed by atoms with Crippen molar-refractivity contribution in [2.24, 2.45) is 11.8 Å². The Labute approximate surface area is 147 Å². The number of carbonyl (C=O) groups is 3. The molecule has 1 saturated heterocycles. The van der Waals surface area contributed by atoms with E-state index in [1.54, 1.807) is 18.9 Å². The van der Waals surface area contributed by atoms with Crippen LogP contribution in [0, 0.1) is 11.8 Å². The first-order chi connectivity index (χ1) is 11.9. The normalized spacial score (nSPS) is 18.1. The molecule has 0 bridgehead atoms. The molecule has 2 amide bonds. The summed E-state index contributed by atoms with van der Waals surface area (Å²) in [5, 5.41) is 11.5. The highest BCUT2D eigenvalue weighted by molar-refractivity contribution is 5.89. The zero-order chi connectivity index (χ0) is 18.4. The lowest BCUT2D eigenvalue weighted by Crippen LogP contribution is -2.35. The lowest BCUT2D eigenvalue weighted by molar-refractivity contribution is -0.138. The summed E-state index contributed by atoms with van der Waals surface area (Å²) in [5.41, 5.74) is 0.977. The van der Waals surface area contributed by atoms with Gasteiger partial charge in [0.05, 0.1) is 13.0 Å². The summed E-state index contributed by atoms with van der Waals surface area (Å²) in [7, 11) is 1.60. The molecule has 0 radical (unpaired) electrons. The third kappa shape index (κ3) is 5.48. The van der Waals surface area contributed by atoms with Crippen LogP contribution >= 0.6 is 0 Å². The molecule has 7 heteroatoms. The molecule has 1 fully saturated rings. The monoisotopic (exact) mass is 348 g/mol. The molecule has 0 aromatic heterocycles. The SMILES string of the molecule is COc1ccc(CN2CC(C(=O)NCC(C)CC(=O)O)CC2=O)cc1. The van der Waals surface area contributed by atoms with Gasteiger partial charge in [-0.05, 0) is 23.6 Å². The van der Waals surface area contributed by atoms with E-state index in [1.165, 1.54) is 0 Å². The highest BCUT2D eigenvalue weighted by atomic mass is 16.5. The molecule has 0 saturated carbocycles. The third-order valence-electron chi connectivity index (χ3n) is 4.27. The third-order valence-corrected chi connectivity index (χ3v) is 4.27. The van der Waals surface area contributed by atoms with E-state index < -0.39 is 5.97 Å². The molecule has 136 valence electrons. The Hall–Kier alpha value is -2.57. The Morgan fingerprint density at radius 2 is 2.04 bits per heavy atom. The number of hydrogen-bond acceptors (Lipinski definition) is 4. The first-order valence-corrected chi connectivity index (χ1v) is 8.29. The highest BCUT2D eigenvalue weighted by Gasteiger charge is 2.34. The van der Waals surface area contributed by atoms with Crippen molar-refractivity contribution in [2.45, 2.75) is 26.3 Å². The summed E-state index contributed by atoms with van der Waals surface area (Å²) in [6, 6.07) is 7.47. The minimum Gasteiger partial charge on any atom is -0.497 e. The van der Waals surface area contributed by atoms with Crippen molar-refractivity contribution in [3.05, 3.63) is 29.8 Å². The van der Waals surface area contributed by atoms with Crippen LogP contribution in [0.25, 0.3) is 0 Å². The van der Waals surface area contributed by atoms with Crippen LogP contribution in [0.3, 0.4) is 0 Å². The van der Waals surface area contributed by atoms with Crippen LogP contribution in [-0.2, 0) is 20.9 Å². The van der Waals surface area contributed by atoms with Crippen molar-refractivity contribution in [3.63, 3.8) is 0 Å². The van der Waals surface area contributed by atoms with Gasteiger partial charge in [-0.15, -0.1) is 0 Å². The van der Waals surface area contributed by atoms with Crippen LogP contribution in [0.5, 0.6) is 5.75 Å². The van der Waals surface area contributed by atoms with Crippen LogP contribution in [0.1, 0.15) is 25.3 Å². The fourth-order valence-corrected chi connectivity index (χ4v) is 2.84. The van der Waals surface area contributed by atoms with E-state index in [1.807, 2.05) is 24.3 Å². The molecule has 0 spiro atoms. The number of aliphatic carboxylic acids is 1. The number of hydrogen-bond donors (Lipinski definition) is 2. The molecular formula is C18H24N2O5. The number of amides is 2. The van der Waals surface area contributed by atoms with Crippen LogP contribution < -0.4 is 10.1 Å². The number of ether oxygens (including phenoxy) is 1. The zero-order valence-corrected chi connectivity index (χ0v) is 14.5. The Balaban J connectivity index is 1.84. The molecular weight excluding hydrogens is 324 g/mol. The summed E-state index contributed by atoms with van der Waals surface area (Å²) in [5.74, 6) is -0.901. The minimum absolute atomic E-state index is 0.00741. The number of carbonyl (C=O) groups excluding carboxylic acids is 2. The fourth-order valence-electron chi connectivity index (χ4n) is 2.84. The molecule has 2 atom stereocenters. The standard InChI is InChI=1S/C18H24N2O5/c1-12(7-17(22)23)9-19-18(24)14-8-16(21)20(11-14)10-13-3-5-15(25-2)6-4-13/h3-6,12,14H,7-11H2,1-2H3,(H,19,24)(H,22,23). The van der Waals surface area contributed by atoms with Crippen molar-refractivity contribution in [3.8, 4) is 5.75 Å². The lowest BCUT2D eigenvalue weighted by atomic mass is 10.1. The number of nitrogens with one attached hydrogen (secondary N) is 1. The van der Waals surface area contributed by atoms with E-state index in [2.05, 4.69) is 5.32 Å². The summed E-state index contributed by atoms with van der Waals surface area (Å²) in [6.07, 6.45) is 0.197. The predicted octanol–water partition coefficient (Wildman–Crippen LogP) is 1.27. The molecule has 2 rings (SSSR count). The van der Waals surface area contributed by atoms with Gasteiger partial charge in [0.25, 0.3) is 0 Å². The van der Waals surface area contributed by atoms with Crippen LogP contribution in [-0.4, -0.2) is 48.0 Å². The van der Waals surface area contributed by atoms with Gasteiger partial charge in [0.2, 0.25) is 11.8 Å². The van der Waals surface area contributed by atoms with E-state index in [4.69, 9.17) is 9.84 Å². The number of likely N-dealkylation sites (tertiary alicyclic amines) is 1. The molecule has 25 heavy (non-hydrogen) atoms. The van der Waals surface area contributed by atoms with E-state index >= 15 is 0 Å². The van der Waals surface area contributed by atoms with Crippen molar-refractivity contribution in [1.29, 1.82) is 0 Å². The summed E-state index contributed by atoms with van der Waals surface area (Å²) in [6.45, 7) is 2.91. The Kier molecular flexibility index (Phi) is 6.38. The maximum Gasteiger partial charge on any atom is 0.303 e. The minimum atomic E-state index is -0.886.